The van der Waals surface area contributed by atoms with Gasteiger partial charge in [-0.25, -0.2) is 4.39 Å². The van der Waals surface area contributed by atoms with Gasteiger partial charge in [-0.1, -0.05) is 64.3 Å². The lowest BCUT2D eigenvalue weighted by Crippen LogP contribution is -1.97. The summed E-state index contributed by atoms with van der Waals surface area (Å²) in [4.78, 5) is 0. The molecular weight excluding hydrogens is 211 g/mol. The molecule has 1 atom stereocenters. The zero-order chi connectivity index (χ0) is 12.7. The minimum absolute atomic E-state index is 0.173. The number of benzene rings is 1. The van der Waals surface area contributed by atoms with E-state index in [1.807, 2.05) is 6.07 Å². The zero-order valence-corrected chi connectivity index (χ0v) is 11.0. The molecule has 0 saturated heterocycles. The zero-order valence-electron chi connectivity index (χ0n) is 11.0. The SMILES string of the molecule is C1CCC1.C=C(c1ccccc1F)C(C)CC. The van der Waals surface area contributed by atoms with Crippen LogP contribution < -0.4 is 0 Å². The molecule has 1 aromatic carbocycles. The van der Waals surface area contributed by atoms with Gasteiger partial charge in [0.15, 0.2) is 0 Å². The molecule has 0 heterocycles. The van der Waals surface area contributed by atoms with Crippen LogP contribution in [-0.2, 0) is 0 Å². The molecule has 1 heteroatoms. The van der Waals surface area contributed by atoms with Gasteiger partial charge in [0.25, 0.3) is 0 Å². The molecule has 1 aromatic rings. The van der Waals surface area contributed by atoms with Gasteiger partial charge in [0.2, 0.25) is 0 Å². The van der Waals surface area contributed by atoms with Gasteiger partial charge in [0.05, 0.1) is 0 Å². The summed E-state index contributed by atoms with van der Waals surface area (Å²) in [5.74, 6) is 0.171. The molecule has 0 aliphatic heterocycles. The maximum atomic E-state index is 13.3. The Bertz CT molecular complexity index is 346. The highest BCUT2D eigenvalue weighted by atomic mass is 19.1. The second-order valence-electron chi connectivity index (χ2n) is 4.73. The predicted molar refractivity (Wildman–Crippen MR) is 73.4 cm³/mol. The average molecular weight is 234 g/mol. The fraction of sp³-hybridized carbons (Fsp3) is 0.500. The van der Waals surface area contributed by atoms with E-state index in [1.165, 1.54) is 31.7 Å². The number of rotatable bonds is 3. The van der Waals surface area contributed by atoms with E-state index in [4.69, 9.17) is 0 Å². The van der Waals surface area contributed by atoms with Crippen molar-refractivity contribution in [3.05, 3.63) is 42.2 Å². The van der Waals surface area contributed by atoms with Gasteiger partial charge in [-0.15, -0.1) is 0 Å². The van der Waals surface area contributed by atoms with Gasteiger partial charge in [-0.3, -0.25) is 0 Å². The molecule has 0 amide bonds. The van der Waals surface area contributed by atoms with Crippen molar-refractivity contribution in [1.82, 2.24) is 0 Å². The smallest absolute Gasteiger partial charge is 0.130 e. The summed E-state index contributed by atoms with van der Waals surface area (Å²) in [5.41, 5.74) is 1.54. The third-order valence-corrected chi connectivity index (χ3v) is 3.43. The molecule has 1 fully saturated rings. The summed E-state index contributed by atoms with van der Waals surface area (Å²) in [7, 11) is 0. The Morgan fingerprint density at radius 3 is 2.18 bits per heavy atom. The highest BCUT2D eigenvalue weighted by Gasteiger charge is 2.09. The summed E-state index contributed by atoms with van der Waals surface area (Å²) >= 11 is 0. The van der Waals surface area contributed by atoms with Gasteiger partial charge < -0.3 is 0 Å². The van der Waals surface area contributed by atoms with E-state index in [0.717, 1.165) is 12.0 Å². The van der Waals surface area contributed by atoms with Gasteiger partial charge >= 0.3 is 0 Å². The first-order valence-corrected chi connectivity index (χ1v) is 6.60. The topological polar surface area (TPSA) is 0 Å². The van der Waals surface area contributed by atoms with Crippen LogP contribution in [0, 0.1) is 11.7 Å². The molecule has 17 heavy (non-hydrogen) atoms. The number of halogens is 1. The van der Waals surface area contributed by atoms with E-state index in [0.29, 0.717) is 11.5 Å². The Morgan fingerprint density at radius 2 is 1.76 bits per heavy atom. The van der Waals surface area contributed by atoms with Gasteiger partial charge in [0, 0.05) is 5.56 Å². The van der Waals surface area contributed by atoms with Crippen LogP contribution in [0.2, 0.25) is 0 Å². The van der Waals surface area contributed by atoms with E-state index in [-0.39, 0.29) is 5.82 Å². The van der Waals surface area contributed by atoms with Gasteiger partial charge in [-0.2, -0.15) is 0 Å². The number of hydrogen-bond donors (Lipinski definition) is 0. The molecule has 0 aromatic heterocycles. The second-order valence-corrected chi connectivity index (χ2v) is 4.73. The fourth-order valence-corrected chi connectivity index (χ4v) is 1.48. The molecule has 1 aliphatic carbocycles. The summed E-state index contributed by atoms with van der Waals surface area (Å²) in [6.07, 6.45) is 6.99. The third kappa shape index (κ3) is 4.33. The molecule has 1 aliphatic rings. The largest absolute Gasteiger partial charge is 0.206 e. The van der Waals surface area contributed by atoms with Crippen molar-refractivity contribution in [2.45, 2.75) is 46.0 Å². The first kappa shape index (κ1) is 14.0. The summed E-state index contributed by atoms with van der Waals surface area (Å²) < 4.78 is 13.3. The molecule has 0 N–H and O–H groups in total. The van der Waals surface area contributed by atoms with Crippen LogP contribution in [-0.4, -0.2) is 0 Å². The van der Waals surface area contributed by atoms with E-state index < -0.39 is 0 Å². The molecule has 1 unspecified atom stereocenters. The Kier molecular flexibility index (Phi) is 5.96. The van der Waals surface area contributed by atoms with Gasteiger partial charge in [-0.05, 0) is 24.0 Å². The van der Waals surface area contributed by atoms with Crippen LogP contribution in [0.3, 0.4) is 0 Å². The fourth-order valence-electron chi connectivity index (χ4n) is 1.48. The molecule has 0 spiro atoms. The second kappa shape index (κ2) is 7.26. The lowest BCUT2D eigenvalue weighted by molar-refractivity contribution is 0.504. The Labute approximate surface area is 105 Å². The highest BCUT2D eigenvalue weighted by Crippen LogP contribution is 2.25. The molecule has 1 saturated carbocycles. The Hall–Kier alpha value is -1.11. The summed E-state index contributed by atoms with van der Waals surface area (Å²) in [6.45, 7) is 8.06. The monoisotopic (exact) mass is 234 g/mol. The van der Waals surface area contributed by atoms with Crippen molar-refractivity contribution >= 4 is 5.57 Å². The third-order valence-electron chi connectivity index (χ3n) is 3.43. The van der Waals surface area contributed by atoms with Gasteiger partial charge in [0.1, 0.15) is 5.82 Å². The number of hydrogen-bond acceptors (Lipinski definition) is 0. The number of allylic oxidation sites excluding steroid dienone is 1. The van der Waals surface area contributed by atoms with Crippen molar-refractivity contribution in [3.63, 3.8) is 0 Å². The molecule has 0 nitrogen and oxygen atoms in total. The molecule has 0 bridgehead atoms. The van der Waals surface area contributed by atoms with Crippen molar-refractivity contribution in [2.24, 2.45) is 5.92 Å². The maximum Gasteiger partial charge on any atom is 0.130 e. The molecule has 94 valence electrons. The van der Waals surface area contributed by atoms with Crippen LogP contribution in [0.25, 0.3) is 5.57 Å². The summed E-state index contributed by atoms with van der Waals surface area (Å²) in [6, 6.07) is 6.79. The Morgan fingerprint density at radius 1 is 1.24 bits per heavy atom. The average Bonchev–Trinajstić information content (AvgIpc) is 2.25. The van der Waals surface area contributed by atoms with Crippen LogP contribution in [0.5, 0.6) is 0 Å². The Balaban J connectivity index is 0.000000302. The van der Waals surface area contributed by atoms with Crippen molar-refractivity contribution < 1.29 is 4.39 Å². The van der Waals surface area contributed by atoms with Crippen molar-refractivity contribution in [3.8, 4) is 0 Å². The maximum absolute atomic E-state index is 13.3. The van der Waals surface area contributed by atoms with Crippen LogP contribution in [0.4, 0.5) is 4.39 Å². The first-order valence-electron chi connectivity index (χ1n) is 6.60. The van der Waals surface area contributed by atoms with E-state index in [2.05, 4.69) is 20.4 Å². The molecular formula is C16H23F. The minimum Gasteiger partial charge on any atom is -0.206 e. The minimum atomic E-state index is -0.173. The van der Waals surface area contributed by atoms with E-state index >= 15 is 0 Å². The van der Waals surface area contributed by atoms with Crippen LogP contribution >= 0.6 is 0 Å². The normalized spacial score (nSPS) is 15.2. The van der Waals surface area contributed by atoms with E-state index in [1.54, 1.807) is 12.1 Å². The molecule has 0 radical (unpaired) electrons. The standard InChI is InChI=1S/C12H15F.C4H8/c1-4-9(2)10(3)11-7-5-6-8-12(11)13;1-2-4-3-1/h5-9H,3-4H2,1-2H3;1-4H2. The first-order chi connectivity index (χ1) is 8.16. The van der Waals surface area contributed by atoms with Crippen molar-refractivity contribution in [1.29, 1.82) is 0 Å². The van der Waals surface area contributed by atoms with Crippen molar-refractivity contribution in [2.75, 3.05) is 0 Å². The van der Waals surface area contributed by atoms with Crippen LogP contribution in [0.15, 0.2) is 30.8 Å². The summed E-state index contributed by atoms with van der Waals surface area (Å²) in [5, 5.41) is 0. The van der Waals surface area contributed by atoms with Crippen LogP contribution in [0.1, 0.15) is 51.5 Å². The quantitative estimate of drug-likeness (QED) is 0.652. The molecule has 2 rings (SSSR count). The lowest BCUT2D eigenvalue weighted by atomic mass is 9.93. The highest BCUT2D eigenvalue weighted by molar-refractivity contribution is 5.65. The van der Waals surface area contributed by atoms with E-state index in [9.17, 15) is 4.39 Å². The lowest BCUT2D eigenvalue weighted by Gasteiger charge is -2.12. The predicted octanol–water partition coefficient (Wildman–Crippen LogP) is 5.45.